The van der Waals surface area contributed by atoms with Crippen LogP contribution in [0.2, 0.25) is 5.02 Å². The highest BCUT2D eigenvalue weighted by atomic mass is 35.5. The lowest BCUT2D eigenvalue weighted by atomic mass is 10.3. The first-order valence-electron chi connectivity index (χ1n) is 4.77. The molecule has 0 bridgehead atoms. The monoisotopic (exact) mass is 238 g/mol. The fourth-order valence-corrected chi connectivity index (χ4v) is 1.42. The Morgan fingerprint density at radius 1 is 1.38 bits per heavy atom. The topological polar surface area (TPSA) is 63.8 Å². The van der Waals surface area contributed by atoms with Crippen LogP contribution in [0, 0.1) is 13.8 Å². The average Bonchev–Trinajstić information content (AvgIpc) is 2.59. The summed E-state index contributed by atoms with van der Waals surface area (Å²) in [6, 6.07) is 0. The minimum absolute atomic E-state index is 0.0645. The molecular formula is C10H11ClN4O. The van der Waals surface area contributed by atoms with Gasteiger partial charge < -0.3 is 5.11 Å². The standard InChI is InChI=1S/C10H11ClN4O/c1-6-8(5-16)3-12-10(13-6)15-4-9(11)7(2)14-15/h3-4,16H,5H2,1-2H3. The van der Waals surface area contributed by atoms with Gasteiger partial charge in [0.05, 0.1) is 23.5 Å². The molecule has 0 saturated carbocycles. The Morgan fingerprint density at radius 2 is 2.12 bits per heavy atom. The van der Waals surface area contributed by atoms with Crippen LogP contribution in [0.1, 0.15) is 17.0 Å². The van der Waals surface area contributed by atoms with Crippen molar-refractivity contribution in [1.29, 1.82) is 0 Å². The van der Waals surface area contributed by atoms with Gasteiger partial charge in [0.15, 0.2) is 0 Å². The second-order valence-corrected chi connectivity index (χ2v) is 3.85. The van der Waals surface area contributed by atoms with E-state index in [1.165, 1.54) is 4.68 Å². The van der Waals surface area contributed by atoms with Gasteiger partial charge in [0.25, 0.3) is 5.95 Å². The van der Waals surface area contributed by atoms with Gasteiger partial charge in [-0.2, -0.15) is 5.10 Å². The van der Waals surface area contributed by atoms with E-state index < -0.39 is 0 Å². The predicted molar refractivity (Wildman–Crippen MR) is 59.6 cm³/mol. The fourth-order valence-electron chi connectivity index (χ4n) is 1.29. The van der Waals surface area contributed by atoms with Crippen LogP contribution in [0.5, 0.6) is 0 Å². The molecule has 2 rings (SSSR count). The summed E-state index contributed by atoms with van der Waals surface area (Å²) in [4.78, 5) is 8.35. The summed E-state index contributed by atoms with van der Waals surface area (Å²) in [7, 11) is 0. The Hall–Kier alpha value is -1.46. The first-order valence-corrected chi connectivity index (χ1v) is 5.15. The lowest BCUT2D eigenvalue weighted by molar-refractivity contribution is 0.280. The molecule has 0 unspecified atom stereocenters. The van der Waals surface area contributed by atoms with E-state index in [0.717, 1.165) is 11.4 Å². The van der Waals surface area contributed by atoms with Crippen LogP contribution in [0.25, 0.3) is 5.95 Å². The normalized spacial score (nSPS) is 10.8. The van der Waals surface area contributed by atoms with E-state index in [9.17, 15) is 0 Å². The third kappa shape index (κ3) is 1.91. The largest absolute Gasteiger partial charge is 0.392 e. The van der Waals surface area contributed by atoms with Crippen molar-refractivity contribution in [3.63, 3.8) is 0 Å². The first-order chi connectivity index (χ1) is 7.61. The second kappa shape index (κ2) is 4.19. The molecule has 0 atom stereocenters. The van der Waals surface area contributed by atoms with Crippen molar-refractivity contribution in [2.75, 3.05) is 0 Å². The highest BCUT2D eigenvalue weighted by molar-refractivity contribution is 6.31. The number of hydrogen-bond donors (Lipinski definition) is 1. The summed E-state index contributed by atoms with van der Waals surface area (Å²) in [6.07, 6.45) is 3.24. The van der Waals surface area contributed by atoms with Crippen LogP contribution in [0.3, 0.4) is 0 Å². The minimum Gasteiger partial charge on any atom is -0.392 e. The summed E-state index contributed by atoms with van der Waals surface area (Å²) >= 11 is 5.90. The third-order valence-electron chi connectivity index (χ3n) is 2.28. The molecule has 0 aliphatic carbocycles. The molecule has 0 aromatic carbocycles. The van der Waals surface area contributed by atoms with Crippen molar-refractivity contribution in [1.82, 2.24) is 19.7 Å². The molecule has 0 aliphatic rings. The van der Waals surface area contributed by atoms with Crippen LogP contribution in [-0.4, -0.2) is 24.9 Å². The molecule has 5 nitrogen and oxygen atoms in total. The molecule has 0 spiro atoms. The fraction of sp³-hybridized carbons (Fsp3) is 0.300. The molecule has 0 saturated heterocycles. The van der Waals surface area contributed by atoms with Crippen LogP contribution in [0.15, 0.2) is 12.4 Å². The highest BCUT2D eigenvalue weighted by Crippen LogP contribution is 2.14. The Kier molecular flexibility index (Phi) is 2.89. The lowest BCUT2D eigenvalue weighted by Gasteiger charge is -2.03. The maximum Gasteiger partial charge on any atom is 0.250 e. The van der Waals surface area contributed by atoms with Crippen molar-refractivity contribution in [3.05, 3.63) is 34.4 Å². The molecule has 2 aromatic rings. The number of rotatable bonds is 2. The Labute approximate surface area is 97.7 Å². The van der Waals surface area contributed by atoms with Crippen molar-refractivity contribution in [2.24, 2.45) is 0 Å². The Balaban J connectivity index is 2.45. The van der Waals surface area contributed by atoms with Crippen molar-refractivity contribution in [2.45, 2.75) is 20.5 Å². The van der Waals surface area contributed by atoms with E-state index in [2.05, 4.69) is 15.1 Å². The number of aromatic nitrogens is 4. The van der Waals surface area contributed by atoms with Crippen molar-refractivity contribution in [3.8, 4) is 5.95 Å². The molecule has 1 N–H and O–H groups in total. The summed E-state index contributed by atoms with van der Waals surface area (Å²) < 4.78 is 1.52. The van der Waals surface area contributed by atoms with Gasteiger partial charge in [0.2, 0.25) is 0 Å². The summed E-state index contributed by atoms with van der Waals surface area (Å²) in [5.41, 5.74) is 2.17. The van der Waals surface area contributed by atoms with E-state index in [1.807, 2.05) is 13.8 Å². The molecule has 0 amide bonds. The van der Waals surface area contributed by atoms with Gasteiger partial charge in [-0.3, -0.25) is 0 Å². The quantitative estimate of drug-likeness (QED) is 0.860. The number of aryl methyl sites for hydroxylation is 2. The Bertz CT molecular complexity index is 504. The molecule has 0 aliphatic heterocycles. The van der Waals surface area contributed by atoms with Crippen LogP contribution >= 0.6 is 11.6 Å². The second-order valence-electron chi connectivity index (χ2n) is 3.45. The van der Waals surface area contributed by atoms with Gasteiger partial charge >= 0.3 is 0 Å². The van der Waals surface area contributed by atoms with Gasteiger partial charge in [-0.05, 0) is 13.8 Å². The molecule has 16 heavy (non-hydrogen) atoms. The molecular weight excluding hydrogens is 228 g/mol. The SMILES string of the molecule is Cc1nn(-c2ncc(CO)c(C)n2)cc1Cl. The van der Waals surface area contributed by atoms with Gasteiger partial charge in [0.1, 0.15) is 0 Å². The number of hydrogen-bond acceptors (Lipinski definition) is 4. The number of nitrogens with zero attached hydrogens (tertiary/aromatic N) is 4. The van der Waals surface area contributed by atoms with Crippen LogP contribution in [0.4, 0.5) is 0 Å². The molecule has 0 radical (unpaired) electrons. The summed E-state index contributed by atoms with van der Waals surface area (Å²) in [5, 5.41) is 13.8. The van der Waals surface area contributed by atoms with Crippen molar-refractivity contribution >= 4 is 11.6 Å². The molecule has 2 aromatic heterocycles. The number of aliphatic hydroxyl groups is 1. The van der Waals surface area contributed by atoms with E-state index in [-0.39, 0.29) is 6.61 Å². The molecule has 84 valence electrons. The summed E-state index contributed by atoms with van der Waals surface area (Å²) in [5.74, 6) is 0.449. The van der Waals surface area contributed by atoms with E-state index in [4.69, 9.17) is 16.7 Å². The summed E-state index contributed by atoms with van der Waals surface area (Å²) in [6.45, 7) is 3.56. The minimum atomic E-state index is -0.0645. The zero-order chi connectivity index (χ0) is 11.7. The first kappa shape index (κ1) is 11.0. The van der Waals surface area contributed by atoms with E-state index in [1.54, 1.807) is 12.4 Å². The molecule has 6 heteroatoms. The molecule has 0 fully saturated rings. The zero-order valence-electron chi connectivity index (χ0n) is 8.98. The zero-order valence-corrected chi connectivity index (χ0v) is 9.73. The lowest BCUT2D eigenvalue weighted by Crippen LogP contribution is -2.05. The average molecular weight is 239 g/mol. The third-order valence-corrected chi connectivity index (χ3v) is 2.65. The van der Waals surface area contributed by atoms with Crippen LogP contribution < -0.4 is 0 Å². The predicted octanol–water partition coefficient (Wildman–Crippen LogP) is 1.42. The number of aliphatic hydroxyl groups excluding tert-OH is 1. The Morgan fingerprint density at radius 3 is 2.62 bits per heavy atom. The maximum absolute atomic E-state index is 9.00. The van der Waals surface area contributed by atoms with Crippen molar-refractivity contribution < 1.29 is 5.11 Å². The molecule has 2 heterocycles. The van der Waals surface area contributed by atoms with Gasteiger partial charge in [-0.15, -0.1) is 0 Å². The van der Waals surface area contributed by atoms with Gasteiger partial charge in [-0.1, -0.05) is 11.6 Å². The van der Waals surface area contributed by atoms with Crippen LogP contribution in [-0.2, 0) is 6.61 Å². The smallest absolute Gasteiger partial charge is 0.250 e. The maximum atomic E-state index is 9.00. The van der Waals surface area contributed by atoms with Gasteiger partial charge in [0, 0.05) is 17.5 Å². The van der Waals surface area contributed by atoms with Gasteiger partial charge in [-0.25, -0.2) is 14.6 Å². The highest BCUT2D eigenvalue weighted by Gasteiger charge is 2.08. The van der Waals surface area contributed by atoms with E-state index in [0.29, 0.717) is 16.5 Å². The number of halogens is 1. The van der Waals surface area contributed by atoms with E-state index >= 15 is 0 Å².